The van der Waals surface area contributed by atoms with Gasteiger partial charge in [0, 0.05) is 23.4 Å². The highest BCUT2D eigenvalue weighted by Gasteiger charge is 2.16. The van der Waals surface area contributed by atoms with Gasteiger partial charge < -0.3 is 11.1 Å². The Labute approximate surface area is 132 Å². The number of rotatable bonds is 5. The molecule has 0 bridgehead atoms. The van der Waals surface area contributed by atoms with Crippen molar-refractivity contribution in [2.75, 3.05) is 5.32 Å². The summed E-state index contributed by atoms with van der Waals surface area (Å²) in [4.78, 5) is 33.3. The van der Waals surface area contributed by atoms with Crippen molar-refractivity contribution < 1.29 is 14.5 Å². The maximum absolute atomic E-state index is 12.2. The maximum Gasteiger partial charge on any atom is 0.269 e. The molecule has 7 heteroatoms. The monoisotopic (exact) mass is 313 g/mol. The van der Waals surface area contributed by atoms with E-state index in [0.717, 1.165) is 0 Å². The number of nitro benzene ring substituents is 1. The van der Waals surface area contributed by atoms with Crippen molar-refractivity contribution >= 4 is 23.2 Å². The lowest BCUT2D eigenvalue weighted by Crippen LogP contribution is -2.19. The average molecular weight is 313 g/mol. The van der Waals surface area contributed by atoms with E-state index in [1.54, 1.807) is 31.2 Å². The predicted octanol–water partition coefficient (Wildman–Crippen LogP) is 2.44. The first-order valence-electron chi connectivity index (χ1n) is 6.83. The van der Waals surface area contributed by atoms with Crippen molar-refractivity contribution in [2.24, 2.45) is 5.73 Å². The topological polar surface area (TPSA) is 115 Å². The number of non-ortho nitro benzene ring substituents is 1. The van der Waals surface area contributed by atoms with Crippen molar-refractivity contribution in [3.05, 3.63) is 69.8 Å². The van der Waals surface area contributed by atoms with Gasteiger partial charge in [0.25, 0.3) is 5.69 Å². The normalized spacial score (nSPS) is 11.5. The minimum atomic E-state index is -0.540. The summed E-state index contributed by atoms with van der Waals surface area (Å²) in [6, 6.07) is 12.0. The Morgan fingerprint density at radius 3 is 2.13 bits per heavy atom. The largest absolute Gasteiger partial charge is 0.366 e. The summed E-state index contributed by atoms with van der Waals surface area (Å²) in [5.74, 6) is -1.28. The second-order valence-electron chi connectivity index (χ2n) is 5.00. The first kappa shape index (κ1) is 16.2. The molecule has 118 valence electrons. The smallest absolute Gasteiger partial charge is 0.269 e. The minimum Gasteiger partial charge on any atom is -0.366 e. The molecule has 0 saturated carbocycles. The molecule has 7 nitrogen and oxygen atoms in total. The number of nitro groups is 1. The quantitative estimate of drug-likeness (QED) is 0.651. The lowest BCUT2D eigenvalue weighted by atomic mass is 10.00. The molecule has 0 fully saturated rings. The van der Waals surface area contributed by atoms with Gasteiger partial charge in [-0.15, -0.1) is 0 Å². The zero-order chi connectivity index (χ0) is 17.0. The van der Waals surface area contributed by atoms with Crippen LogP contribution in [0.25, 0.3) is 0 Å². The summed E-state index contributed by atoms with van der Waals surface area (Å²) in [6.07, 6.45) is 0. The van der Waals surface area contributed by atoms with E-state index in [1.165, 1.54) is 24.3 Å². The van der Waals surface area contributed by atoms with Crippen molar-refractivity contribution in [1.82, 2.24) is 0 Å². The molecule has 2 aromatic carbocycles. The van der Waals surface area contributed by atoms with E-state index in [2.05, 4.69) is 5.32 Å². The van der Waals surface area contributed by atoms with E-state index in [4.69, 9.17) is 5.73 Å². The molecule has 23 heavy (non-hydrogen) atoms. The number of nitrogens with two attached hydrogens (primary N) is 1. The standard InChI is InChI=1S/C16H15N3O4/c1-10(11-4-8-14(9-5-11)19(22)23)16(21)18-13-6-2-12(3-7-13)15(17)20/h2-10H,1H3,(H2,17,20)(H,18,21). The number of hydrogen-bond donors (Lipinski definition) is 2. The third kappa shape index (κ3) is 3.91. The van der Waals surface area contributed by atoms with E-state index in [0.29, 0.717) is 16.8 Å². The van der Waals surface area contributed by atoms with Gasteiger partial charge in [-0.25, -0.2) is 0 Å². The average Bonchev–Trinajstić information content (AvgIpc) is 2.54. The van der Waals surface area contributed by atoms with Crippen LogP contribution in [0.2, 0.25) is 0 Å². The lowest BCUT2D eigenvalue weighted by molar-refractivity contribution is -0.384. The molecule has 1 unspecified atom stereocenters. The zero-order valence-corrected chi connectivity index (χ0v) is 12.4. The van der Waals surface area contributed by atoms with Crippen molar-refractivity contribution in [3.63, 3.8) is 0 Å². The fraction of sp³-hybridized carbons (Fsp3) is 0.125. The van der Waals surface area contributed by atoms with Crippen LogP contribution in [0, 0.1) is 10.1 Å². The van der Waals surface area contributed by atoms with Crippen LogP contribution in [0.4, 0.5) is 11.4 Å². The highest BCUT2D eigenvalue weighted by atomic mass is 16.6. The Morgan fingerprint density at radius 2 is 1.65 bits per heavy atom. The van der Waals surface area contributed by atoms with Gasteiger partial charge in [0.15, 0.2) is 0 Å². The summed E-state index contributed by atoms with van der Waals surface area (Å²) in [7, 11) is 0. The first-order valence-corrected chi connectivity index (χ1v) is 6.83. The molecule has 3 N–H and O–H groups in total. The fourth-order valence-electron chi connectivity index (χ4n) is 2.00. The van der Waals surface area contributed by atoms with Crippen LogP contribution in [0.1, 0.15) is 28.8 Å². The Balaban J connectivity index is 2.07. The van der Waals surface area contributed by atoms with Crippen LogP contribution in [-0.4, -0.2) is 16.7 Å². The van der Waals surface area contributed by atoms with E-state index in [9.17, 15) is 19.7 Å². The summed E-state index contributed by atoms with van der Waals surface area (Å²) in [5, 5.41) is 13.3. The highest BCUT2D eigenvalue weighted by molar-refractivity contribution is 5.97. The first-order chi connectivity index (χ1) is 10.9. The van der Waals surface area contributed by atoms with Crippen LogP contribution in [-0.2, 0) is 4.79 Å². The van der Waals surface area contributed by atoms with Gasteiger partial charge in [0.2, 0.25) is 11.8 Å². The molecule has 2 amide bonds. The molecule has 0 heterocycles. The van der Waals surface area contributed by atoms with Gasteiger partial charge in [-0.3, -0.25) is 19.7 Å². The third-order valence-corrected chi connectivity index (χ3v) is 3.43. The van der Waals surface area contributed by atoms with Crippen LogP contribution < -0.4 is 11.1 Å². The van der Waals surface area contributed by atoms with Crippen molar-refractivity contribution in [3.8, 4) is 0 Å². The maximum atomic E-state index is 12.2. The van der Waals surface area contributed by atoms with Gasteiger partial charge in [0.1, 0.15) is 0 Å². The molecular formula is C16H15N3O4. The minimum absolute atomic E-state index is 0.0246. The molecule has 2 rings (SSSR count). The van der Waals surface area contributed by atoms with Crippen LogP contribution in [0.5, 0.6) is 0 Å². The number of hydrogen-bond acceptors (Lipinski definition) is 4. The van der Waals surface area contributed by atoms with Gasteiger partial charge >= 0.3 is 0 Å². The van der Waals surface area contributed by atoms with Gasteiger partial charge in [0.05, 0.1) is 10.8 Å². The highest BCUT2D eigenvalue weighted by Crippen LogP contribution is 2.21. The molecule has 2 aromatic rings. The number of carbonyl (C=O) groups excluding carboxylic acids is 2. The Morgan fingerprint density at radius 1 is 1.09 bits per heavy atom. The number of anilines is 1. The predicted molar refractivity (Wildman–Crippen MR) is 85.1 cm³/mol. The van der Waals surface area contributed by atoms with E-state index in [-0.39, 0.29) is 11.6 Å². The summed E-state index contributed by atoms with van der Waals surface area (Å²) in [6.45, 7) is 1.70. The summed E-state index contributed by atoms with van der Waals surface area (Å²) < 4.78 is 0. The van der Waals surface area contributed by atoms with E-state index >= 15 is 0 Å². The molecule has 1 atom stereocenters. The van der Waals surface area contributed by atoms with Crippen LogP contribution in [0.3, 0.4) is 0 Å². The van der Waals surface area contributed by atoms with Gasteiger partial charge in [-0.1, -0.05) is 12.1 Å². The number of primary amides is 1. The summed E-state index contributed by atoms with van der Waals surface area (Å²) in [5.41, 5.74) is 6.68. The van der Waals surface area contributed by atoms with Gasteiger partial charge in [-0.2, -0.15) is 0 Å². The number of benzene rings is 2. The molecular weight excluding hydrogens is 298 g/mol. The Kier molecular flexibility index (Phi) is 4.70. The molecule has 0 aliphatic carbocycles. The van der Waals surface area contributed by atoms with E-state index < -0.39 is 16.7 Å². The molecule has 0 aliphatic rings. The Hall–Kier alpha value is -3.22. The molecule has 0 spiro atoms. The number of nitrogens with zero attached hydrogens (tertiary/aromatic N) is 1. The Bertz CT molecular complexity index is 739. The van der Waals surface area contributed by atoms with Crippen molar-refractivity contribution in [2.45, 2.75) is 12.8 Å². The number of nitrogens with one attached hydrogen (secondary N) is 1. The summed E-state index contributed by atoms with van der Waals surface area (Å²) >= 11 is 0. The fourth-order valence-corrected chi connectivity index (χ4v) is 2.00. The zero-order valence-electron chi connectivity index (χ0n) is 12.4. The lowest BCUT2D eigenvalue weighted by Gasteiger charge is -2.12. The van der Waals surface area contributed by atoms with E-state index in [1.807, 2.05) is 0 Å². The molecule has 0 aliphatic heterocycles. The van der Waals surface area contributed by atoms with Crippen LogP contribution in [0.15, 0.2) is 48.5 Å². The van der Waals surface area contributed by atoms with Gasteiger partial charge in [-0.05, 0) is 36.8 Å². The SMILES string of the molecule is CC(C(=O)Nc1ccc(C(N)=O)cc1)c1ccc([N+](=O)[O-])cc1. The molecule has 0 radical (unpaired) electrons. The second-order valence-corrected chi connectivity index (χ2v) is 5.00. The molecule has 0 saturated heterocycles. The number of carbonyl (C=O) groups is 2. The molecule has 0 aromatic heterocycles. The second kappa shape index (κ2) is 6.69. The van der Waals surface area contributed by atoms with Crippen LogP contribution >= 0.6 is 0 Å². The number of amides is 2. The van der Waals surface area contributed by atoms with Crippen molar-refractivity contribution in [1.29, 1.82) is 0 Å². The third-order valence-electron chi connectivity index (χ3n) is 3.43.